The maximum atomic E-state index is 6.09. The molecule has 1 heterocycles. The maximum Gasteiger partial charge on any atom is 0.0312 e. The first-order valence-corrected chi connectivity index (χ1v) is 7.41. The zero-order chi connectivity index (χ0) is 13.7. The molecule has 1 fully saturated rings. The summed E-state index contributed by atoms with van der Waals surface area (Å²) in [7, 11) is 2.20. The number of aromatic nitrogens is 1. The number of rotatable bonds is 5. The summed E-state index contributed by atoms with van der Waals surface area (Å²) in [5.74, 6) is 0.878. The highest BCUT2D eigenvalue weighted by Crippen LogP contribution is 2.38. The molecular weight excluding hydrogens is 234 g/mol. The monoisotopic (exact) mass is 261 g/mol. The molecule has 0 bridgehead atoms. The van der Waals surface area contributed by atoms with Gasteiger partial charge in [0.15, 0.2) is 0 Å². The number of hydrogen-bond acceptors (Lipinski definition) is 3. The third kappa shape index (κ3) is 4.02. The predicted molar refractivity (Wildman–Crippen MR) is 79.7 cm³/mol. The molecule has 2 rings (SSSR count). The Balaban J connectivity index is 1.91. The van der Waals surface area contributed by atoms with Crippen LogP contribution in [0.3, 0.4) is 0 Å². The molecule has 1 aliphatic carbocycles. The molecule has 1 aromatic rings. The van der Waals surface area contributed by atoms with Crippen molar-refractivity contribution in [3.63, 3.8) is 0 Å². The molecule has 0 amide bonds. The molecule has 2 N–H and O–H groups in total. The van der Waals surface area contributed by atoms with Gasteiger partial charge in [0.25, 0.3) is 0 Å². The van der Waals surface area contributed by atoms with Crippen molar-refractivity contribution in [2.75, 3.05) is 20.1 Å². The molecule has 3 nitrogen and oxygen atoms in total. The summed E-state index contributed by atoms with van der Waals surface area (Å²) in [6, 6.07) is 4.14. The predicted octanol–water partition coefficient (Wildman–Crippen LogP) is 2.67. The molecule has 0 aromatic carbocycles. The molecule has 3 heteroatoms. The van der Waals surface area contributed by atoms with Gasteiger partial charge in [0, 0.05) is 25.5 Å². The maximum absolute atomic E-state index is 6.09. The van der Waals surface area contributed by atoms with E-state index in [0.29, 0.717) is 5.41 Å². The number of nitrogens with two attached hydrogens (primary N) is 1. The van der Waals surface area contributed by atoms with E-state index in [2.05, 4.69) is 29.9 Å². The summed E-state index contributed by atoms with van der Waals surface area (Å²) in [4.78, 5) is 6.58. The highest BCUT2D eigenvalue weighted by Gasteiger charge is 2.33. The molecule has 0 unspecified atom stereocenters. The quantitative estimate of drug-likeness (QED) is 0.886. The fourth-order valence-corrected chi connectivity index (χ4v) is 3.23. The SMILES string of the molecule is CC1CCC(CN)(CN(C)Cc2cccnc2)CC1. The van der Waals surface area contributed by atoms with E-state index in [4.69, 9.17) is 5.73 Å². The Kier molecular flexibility index (Phi) is 4.94. The van der Waals surface area contributed by atoms with Gasteiger partial charge >= 0.3 is 0 Å². The molecule has 0 spiro atoms. The zero-order valence-corrected chi connectivity index (χ0v) is 12.3. The molecule has 1 saturated carbocycles. The van der Waals surface area contributed by atoms with Crippen LogP contribution in [0, 0.1) is 11.3 Å². The highest BCUT2D eigenvalue weighted by atomic mass is 15.1. The largest absolute Gasteiger partial charge is 0.330 e. The number of pyridine rings is 1. The standard InChI is InChI=1S/C16H27N3/c1-14-5-7-16(12-17,8-6-14)13-19(2)11-15-4-3-9-18-10-15/h3-4,9-10,14H,5-8,11-13,17H2,1-2H3. The van der Waals surface area contributed by atoms with Crippen molar-refractivity contribution in [2.45, 2.75) is 39.2 Å². The Labute approximate surface area is 117 Å². The molecule has 19 heavy (non-hydrogen) atoms. The minimum Gasteiger partial charge on any atom is -0.330 e. The van der Waals surface area contributed by atoms with E-state index in [0.717, 1.165) is 25.6 Å². The van der Waals surface area contributed by atoms with Gasteiger partial charge in [-0.05, 0) is 49.4 Å². The van der Waals surface area contributed by atoms with Gasteiger partial charge in [0.05, 0.1) is 0 Å². The summed E-state index contributed by atoms with van der Waals surface area (Å²) in [6.45, 7) is 5.24. The molecule has 0 radical (unpaired) electrons. The van der Waals surface area contributed by atoms with Crippen LogP contribution >= 0.6 is 0 Å². The summed E-state index contributed by atoms with van der Waals surface area (Å²) in [6.07, 6.45) is 9.00. The van der Waals surface area contributed by atoms with Crippen LogP contribution in [-0.2, 0) is 6.54 Å². The van der Waals surface area contributed by atoms with Crippen LogP contribution in [0.4, 0.5) is 0 Å². The van der Waals surface area contributed by atoms with Crippen molar-refractivity contribution in [3.8, 4) is 0 Å². The molecule has 1 aromatic heterocycles. The van der Waals surface area contributed by atoms with Crippen LogP contribution in [0.5, 0.6) is 0 Å². The van der Waals surface area contributed by atoms with E-state index in [1.807, 2.05) is 18.5 Å². The molecule has 1 aliphatic rings. The van der Waals surface area contributed by atoms with E-state index in [9.17, 15) is 0 Å². The Morgan fingerprint density at radius 3 is 2.74 bits per heavy atom. The summed E-state index contributed by atoms with van der Waals surface area (Å²) >= 11 is 0. The van der Waals surface area contributed by atoms with Gasteiger partial charge < -0.3 is 10.6 Å². The van der Waals surface area contributed by atoms with Crippen molar-refractivity contribution in [1.29, 1.82) is 0 Å². The molecule has 106 valence electrons. The van der Waals surface area contributed by atoms with E-state index >= 15 is 0 Å². The van der Waals surface area contributed by atoms with E-state index in [1.54, 1.807) is 0 Å². The van der Waals surface area contributed by atoms with Gasteiger partial charge in [-0.1, -0.05) is 25.8 Å². The summed E-state index contributed by atoms with van der Waals surface area (Å²) < 4.78 is 0. The van der Waals surface area contributed by atoms with E-state index < -0.39 is 0 Å². The minimum atomic E-state index is 0.337. The lowest BCUT2D eigenvalue weighted by Gasteiger charge is -2.41. The first kappa shape index (κ1) is 14.5. The number of nitrogens with zero attached hydrogens (tertiary/aromatic N) is 2. The van der Waals surface area contributed by atoms with Crippen LogP contribution in [0.15, 0.2) is 24.5 Å². The van der Waals surface area contributed by atoms with E-state index in [1.165, 1.54) is 31.2 Å². The van der Waals surface area contributed by atoms with Gasteiger partial charge in [0.2, 0.25) is 0 Å². The zero-order valence-electron chi connectivity index (χ0n) is 12.3. The van der Waals surface area contributed by atoms with Crippen LogP contribution in [-0.4, -0.2) is 30.0 Å². The average molecular weight is 261 g/mol. The first-order valence-electron chi connectivity index (χ1n) is 7.41. The first-order chi connectivity index (χ1) is 9.13. The summed E-state index contributed by atoms with van der Waals surface area (Å²) in [5, 5.41) is 0. The molecule has 0 atom stereocenters. The third-order valence-corrected chi connectivity index (χ3v) is 4.55. The van der Waals surface area contributed by atoms with Crippen molar-refractivity contribution in [2.24, 2.45) is 17.1 Å². The topological polar surface area (TPSA) is 42.1 Å². The Hall–Kier alpha value is -0.930. The van der Waals surface area contributed by atoms with E-state index in [-0.39, 0.29) is 0 Å². The van der Waals surface area contributed by atoms with Gasteiger partial charge in [-0.2, -0.15) is 0 Å². The lowest BCUT2D eigenvalue weighted by molar-refractivity contribution is 0.105. The highest BCUT2D eigenvalue weighted by molar-refractivity contribution is 5.08. The average Bonchev–Trinajstić information content (AvgIpc) is 2.43. The Morgan fingerprint density at radius 2 is 2.16 bits per heavy atom. The molecular formula is C16H27N3. The second-order valence-electron chi connectivity index (χ2n) is 6.42. The fraction of sp³-hybridized carbons (Fsp3) is 0.688. The second-order valence-corrected chi connectivity index (χ2v) is 6.42. The number of hydrogen-bond donors (Lipinski definition) is 1. The molecule has 0 saturated heterocycles. The Morgan fingerprint density at radius 1 is 1.42 bits per heavy atom. The lowest BCUT2D eigenvalue weighted by Crippen LogP contribution is -2.43. The van der Waals surface area contributed by atoms with Gasteiger partial charge in [0.1, 0.15) is 0 Å². The Bertz CT molecular complexity index is 369. The second kappa shape index (κ2) is 6.49. The van der Waals surface area contributed by atoms with Crippen molar-refractivity contribution in [3.05, 3.63) is 30.1 Å². The van der Waals surface area contributed by atoms with Gasteiger partial charge in [-0.3, -0.25) is 4.98 Å². The van der Waals surface area contributed by atoms with Crippen molar-refractivity contribution in [1.82, 2.24) is 9.88 Å². The minimum absolute atomic E-state index is 0.337. The van der Waals surface area contributed by atoms with Gasteiger partial charge in [-0.15, -0.1) is 0 Å². The van der Waals surface area contributed by atoms with Crippen LogP contribution in [0.2, 0.25) is 0 Å². The van der Waals surface area contributed by atoms with Crippen molar-refractivity contribution < 1.29 is 0 Å². The smallest absolute Gasteiger partial charge is 0.0312 e. The normalized spacial score (nSPS) is 27.7. The fourth-order valence-electron chi connectivity index (χ4n) is 3.23. The van der Waals surface area contributed by atoms with Crippen LogP contribution in [0.1, 0.15) is 38.2 Å². The van der Waals surface area contributed by atoms with Crippen LogP contribution in [0.25, 0.3) is 0 Å². The third-order valence-electron chi connectivity index (χ3n) is 4.55. The molecule has 0 aliphatic heterocycles. The van der Waals surface area contributed by atoms with Crippen LogP contribution < -0.4 is 5.73 Å². The van der Waals surface area contributed by atoms with Crippen molar-refractivity contribution >= 4 is 0 Å². The lowest BCUT2D eigenvalue weighted by atomic mass is 9.70. The van der Waals surface area contributed by atoms with Gasteiger partial charge in [-0.25, -0.2) is 0 Å². The summed E-state index contributed by atoms with van der Waals surface area (Å²) in [5.41, 5.74) is 7.70.